The Labute approximate surface area is 85.4 Å². The third-order valence-electron chi connectivity index (χ3n) is 2.72. The minimum Gasteiger partial charge on any atom is -0.384 e. The van der Waals surface area contributed by atoms with E-state index < -0.39 is 0 Å². The number of ether oxygens (including phenoxy) is 1. The normalized spacial score (nSPS) is 20.9. The second kappa shape index (κ2) is 5.32. The molecule has 1 aliphatic heterocycles. The van der Waals surface area contributed by atoms with Gasteiger partial charge in [0.05, 0.1) is 6.04 Å². The molecule has 0 saturated carbocycles. The van der Waals surface area contributed by atoms with Crippen LogP contribution < -0.4 is 5.73 Å². The quantitative estimate of drug-likeness (QED) is 0.709. The first-order chi connectivity index (χ1) is 6.65. The summed E-state index contributed by atoms with van der Waals surface area (Å²) in [6.45, 7) is 4.20. The van der Waals surface area contributed by atoms with Crippen LogP contribution in [0, 0.1) is 5.92 Å². The van der Waals surface area contributed by atoms with Crippen LogP contribution in [0.2, 0.25) is 0 Å². The van der Waals surface area contributed by atoms with Gasteiger partial charge in [0.2, 0.25) is 5.91 Å². The number of nitrogens with two attached hydrogens (primary N) is 1. The maximum atomic E-state index is 11.5. The topological polar surface area (TPSA) is 55.6 Å². The van der Waals surface area contributed by atoms with E-state index in [0.717, 1.165) is 32.5 Å². The van der Waals surface area contributed by atoms with Crippen LogP contribution >= 0.6 is 0 Å². The molecule has 0 aromatic carbocycles. The number of hydrogen-bond donors (Lipinski definition) is 1. The molecule has 0 unspecified atom stereocenters. The molecule has 0 spiro atoms. The largest absolute Gasteiger partial charge is 0.384 e. The van der Waals surface area contributed by atoms with Crippen LogP contribution in [-0.4, -0.2) is 43.7 Å². The number of hydrogen-bond acceptors (Lipinski definition) is 3. The molecule has 0 radical (unpaired) electrons. The van der Waals surface area contributed by atoms with Gasteiger partial charge >= 0.3 is 0 Å². The van der Waals surface area contributed by atoms with E-state index in [4.69, 9.17) is 10.5 Å². The number of likely N-dealkylation sites (tertiary alicyclic amines) is 1. The zero-order chi connectivity index (χ0) is 10.6. The highest BCUT2D eigenvalue weighted by Gasteiger charge is 2.24. The Balaban J connectivity index is 2.32. The second-order valence-corrected chi connectivity index (χ2v) is 4.01. The summed E-state index contributed by atoms with van der Waals surface area (Å²) < 4.78 is 5.10. The van der Waals surface area contributed by atoms with Crippen molar-refractivity contribution < 1.29 is 9.53 Å². The van der Waals surface area contributed by atoms with Gasteiger partial charge in [-0.25, -0.2) is 0 Å². The Morgan fingerprint density at radius 1 is 1.57 bits per heavy atom. The molecule has 1 atom stereocenters. The number of carbonyl (C=O) groups is 1. The molecule has 0 aliphatic carbocycles. The molecule has 1 fully saturated rings. The molecule has 1 rings (SSSR count). The number of nitrogens with zero attached hydrogens (tertiary/aromatic N) is 1. The zero-order valence-electron chi connectivity index (χ0n) is 9.03. The molecule has 1 aliphatic rings. The second-order valence-electron chi connectivity index (χ2n) is 4.01. The Morgan fingerprint density at radius 2 is 2.14 bits per heavy atom. The lowest BCUT2D eigenvalue weighted by Gasteiger charge is -2.32. The number of amides is 1. The molecule has 2 N–H and O–H groups in total. The first-order valence-electron chi connectivity index (χ1n) is 5.18. The third-order valence-corrected chi connectivity index (χ3v) is 2.72. The predicted molar refractivity (Wildman–Crippen MR) is 54.8 cm³/mol. The maximum Gasteiger partial charge on any atom is 0.239 e. The molecule has 0 aromatic heterocycles. The van der Waals surface area contributed by atoms with Crippen molar-refractivity contribution in [1.29, 1.82) is 0 Å². The fraction of sp³-hybridized carbons (Fsp3) is 0.900. The highest BCUT2D eigenvalue weighted by molar-refractivity contribution is 5.81. The molecule has 82 valence electrons. The maximum absolute atomic E-state index is 11.5. The molecule has 14 heavy (non-hydrogen) atoms. The standard InChI is InChI=1S/C10H20N2O2/c1-8(11)10(13)12-5-3-9(4-6-12)7-14-2/h8-9H,3-7,11H2,1-2H3/t8-/m1/s1. The summed E-state index contributed by atoms with van der Waals surface area (Å²) in [6, 6.07) is -0.367. The Kier molecular flexibility index (Phi) is 4.35. The van der Waals surface area contributed by atoms with E-state index in [9.17, 15) is 4.79 Å². The lowest BCUT2D eigenvalue weighted by atomic mass is 9.97. The fourth-order valence-electron chi connectivity index (χ4n) is 1.84. The van der Waals surface area contributed by atoms with Crippen molar-refractivity contribution in [2.24, 2.45) is 11.7 Å². The van der Waals surface area contributed by atoms with Crippen LogP contribution in [0.4, 0.5) is 0 Å². The summed E-state index contributed by atoms with van der Waals surface area (Å²) in [7, 11) is 1.72. The smallest absolute Gasteiger partial charge is 0.239 e. The highest BCUT2D eigenvalue weighted by Crippen LogP contribution is 2.17. The van der Waals surface area contributed by atoms with Gasteiger partial charge < -0.3 is 15.4 Å². The fourth-order valence-corrected chi connectivity index (χ4v) is 1.84. The summed E-state index contributed by atoms with van der Waals surface area (Å²) in [5, 5.41) is 0. The van der Waals surface area contributed by atoms with Crippen LogP contribution in [0.15, 0.2) is 0 Å². The average molecular weight is 200 g/mol. The van der Waals surface area contributed by atoms with Crippen molar-refractivity contribution in [3.8, 4) is 0 Å². The molecular formula is C10H20N2O2. The molecule has 0 bridgehead atoms. The molecule has 4 nitrogen and oxygen atoms in total. The SMILES string of the molecule is COCC1CCN(C(=O)[C@@H](C)N)CC1. The monoisotopic (exact) mass is 200 g/mol. The van der Waals surface area contributed by atoms with Crippen LogP contribution in [0.25, 0.3) is 0 Å². The van der Waals surface area contributed by atoms with Crippen LogP contribution in [0.3, 0.4) is 0 Å². The minimum atomic E-state index is -0.367. The first kappa shape index (κ1) is 11.5. The Hall–Kier alpha value is -0.610. The lowest BCUT2D eigenvalue weighted by molar-refractivity contribution is -0.133. The van der Waals surface area contributed by atoms with Crippen LogP contribution in [0.1, 0.15) is 19.8 Å². The highest BCUT2D eigenvalue weighted by atomic mass is 16.5. The third kappa shape index (κ3) is 2.96. The van der Waals surface area contributed by atoms with Crippen molar-refractivity contribution in [3.05, 3.63) is 0 Å². The summed E-state index contributed by atoms with van der Waals surface area (Å²) in [5.74, 6) is 0.679. The van der Waals surface area contributed by atoms with Gasteiger partial charge in [0.25, 0.3) is 0 Å². The number of methoxy groups -OCH3 is 1. The van der Waals surface area contributed by atoms with Gasteiger partial charge in [-0.1, -0.05) is 0 Å². The minimum absolute atomic E-state index is 0.0702. The van der Waals surface area contributed by atoms with Crippen molar-refractivity contribution in [2.45, 2.75) is 25.8 Å². The van der Waals surface area contributed by atoms with Gasteiger partial charge in [0, 0.05) is 26.8 Å². The van der Waals surface area contributed by atoms with Crippen LogP contribution in [-0.2, 0) is 9.53 Å². The van der Waals surface area contributed by atoms with Crippen molar-refractivity contribution >= 4 is 5.91 Å². The van der Waals surface area contributed by atoms with Crippen molar-refractivity contribution in [1.82, 2.24) is 4.90 Å². The number of rotatable bonds is 3. The Bertz CT molecular complexity index is 187. The van der Waals surface area contributed by atoms with Gasteiger partial charge in [0.15, 0.2) is 0 Å². The van der Waals surface area contributed by atoms with E-state index in [0.29, 0.717) is 5.92 Å². The predicted octanol–water partition coefficient (Wildman–Crippen LogP) is 0.219. The first-order valence-corrected chi connectivity index (χ1v) is 5.18. The van der Waals surface area contributed by atoms with E-state index in [1.54, 1.807) is 14.0 Å². The van der Waals surface area contributed by atoms with Crippen molar-refractivity contribution in [2.75, 3.05) is 26.8 Å². The molecule has 0 aromatic rings. The van der Waals surface area contributed by atoms with E-state index in [2.05, 4.69) is 0 Å². The van der Waals surface area contributed by atoms with Crippen molar-refractivity contribution in [3.63, 3.8) is 0 Å². The Morgan fingerprint density at radius 3 is 2.57 bits per heavy atom. The zero-order valence-corrected chi connectivity index (χ0v) is 9.03. The van der Waals surface area contributed by atoms with Gasteiger partial charge in [0.1, 0.15) is 0 Å². The lowest BCUT2D eigenvalue weighted by Crippen LogP contribution is -2.46. The van der Waals surface area contributed by atoms with Gasteiger partial charge in [-0.15, -0.1) is 0 Å². The molecule has 1 saturated heterocycles. The summed E-state index contributed by atoms with van der Waals surface area (Å²) >= 11 is 0. The van der Waals surface area contributed by atoms with Gasteiger partial charge in [-0.3, -0.25) is 4.79 Å². The van der Waals surface area contributed by atoms with Gasteiger partial charge in [-0.05, 0) is 25.7 Å². The van der Waals surface area contributed by atoms with E-state index in [-0.39, 0.29) is 11.9 Å². The number of carbonyl (C=O) groups excluding carboxylic acids is 1. The molecule has 4 heteroatoms. The van der Waals surface area contributed by atoms with E-state index in [1.807, 2.05) is 4.90 Å². The molecular weight excluding hydrogens is 180 g/mol. The summed E-state index contributed by atoms with van der Waals surface area (Å²) in [4.78, 5) is 13.4. The summed E-state index contributed by atoms with van der Waals surface area (Å²) in [5.41, 5.74) is 5.54. The van der Waals surface area contributed by atoms with E-state index >= 15 is 0 Å². The van der Waals surface area contributed by atoms with Crippen LogP contribution in [0.5, 0.6) is 0 Å². The summed E-state index contributed by atoms with van der Waals surface area (Å²) in [6.07, 6.45) is 2.07. The average Bonchev–Trinajstić information content (AvgIpc) is 2.18. The number of piperidine rings is 1. The molecule has 1 heterocycles. The van der Waals surface area contributed by atoms with E-state index in [1.165, 1.54) is 0 Å². The molecule has 1 amide bonds. The van der Waals surface area contributed by atoms with Gasteiger partial charge in [-0.2, -0.15) is 0 Å².